The molecule has 0 spiro atoms. The maximum absolute atomic E-state index is 10.1. The first-order valence-electron chi connectivity index (χ1n) is 2.41. The van der Waals surface area contributed by atoms with Gasteiger partial charge in [-0.1, -0.05) is 4.33 Å². The van der Waals surface area contributed by atoms with Gasteiger partial charge >= 0.3 is 40.0 Å². The van der Waals surface area contributed by atoms with Crippen molar-refractivity contribution in [3.63, 3.8) is 0 Å². The van der Waals surface area contributed by atoms with Gasteiger partial charge in [0.2, 0.25) is 0 Å². The van der Waals surface area contributed by atoms with Crippen LogP contribution in [0.4, 0.5) is 0 Å². The first-order chi connectivity index (χ1) is 4.62. The SMILES string of the molecule is O=S(=O)(OO)OCCCCl.[H-].[Na+]. The van der Waals surface area contributed by atoms with Gasteiger partial charge in [-0.2, -0.15) is 8.42 Å². The van der Waals surface area contributed by atoms with Crippen molar-refractivity contribution in [1.29, 1.82) is 0 Å². The van der Waals surface area contributed by atoms with Gasteiger partial charge in [-0.15, -0.1) is 11.6 Å². The van der Waals surface area contributed by atoms with Crippen LogP contribution in [0.2, 0.25) is 0 Å². The number of halogens is 1. The second-order valence-corrected chi connectivity index (χ2v) is 2.93. The van der Waals surface area contributed by atoms with E-state index in [0.717, 1.165) is 0 Å². The number of hydrogen-bond acceptors (Lipinski definition) is 5. The molecular weight excluding hydrogens is 207 g/mol. The van der Waals surface area contributed by atoms with Crippen LogP contribution >= 0.6 is 11.6 Å². The van der Waals surface area contributed by atoms with Crippen molar-refractivity contribution in [2.24, 2.45) is 0 Å². The predicted octanol–water partition coefficient (Wildman–Crippen LogP) is -2.52. The van der Waals surface area contributed by atoms with Gasteiger partial charge in [0, 0.05) is 5.88 Å². The average molecular weight is 215 g/mol. The van der Waals surface area contributed by atoms with Crippen LogP contribution in [0.15, 0.2) is 0 Å². The first-order valence-corrected chi connectivity index (χ1v) is 4.27. The summed E-state index contributed by atoms with van der Waals surface area (Å²) in [5.74, 6) is 0.293. The van der Waals surface area contributed by atoms with Crippen LogP contribution in [0.3, 0.4) is 0 Å². The Labute approximate surface area is 93.7 Å². The Morgan fingerprint density at radius 3 is 2.45 bits per heavy atom. The predicted molar refractivity (Wildman–Crippen MR) is 35.0 cm³/mol. The maximum Gasteiger partial charge on any atom is 1.00 e. The van der Waals surface area contributed by atoms with Crippen LogP contribution in [0.1, 0.15) is 7.85 Å². The molecule has 0 aromatic heterocycles. The Morgan fingerprint density at radius 2 is 2.09 bits per heavy atom. The summed E-state index contributed by atoms with van der Waals surface area (Å²) in [5, 5.41) is 7.65. The molecule has 64 valence electrons. The molecule has 0 radical (unpaired) electrons. The molecule has 8 heteroatoms. The van der Waals surface area contributed by atoms with Crippen LogP contribution < -0.4 is 29.6 Å². The van der Waals surface area contributed by atoms with E-state index >= 15 is 0 Å². The van der Waals surface area contributed by atoms with Crippen molar-refractivity contribution >= 4 is 22.0 Å². The quantitative estimate of drug-likeness (QED) is 0.180. The minimum absolute atomic E-state index is 0. The molecule has 0 heterocycles. The fourth-order valence-electron chi connectivity index (χ4n) is 0.237. The zero-order valence-electron chi connectivity index (χ0n) is 6.99. The van der Waals surface area contributed by atoms with E-state index in [9.17, 15) is 8.42 Å². The van der Waals surface area contributed by atoms with E-state index in [0.29, 0.717) is 12.3 Å². The molecule has 0 aromatic rings. The van der Waals surface area contributed by atoms with Gasteiger partial charge < -0.3 is 1.43 Å². The Morgan fingerprint density at radius 1 is 1.55 bits per heavy atom. The number of rotatable bonds is 5. The Hall–Kier alpha value is 1.12. The van der Waals surface area contributed by atoms with Crippen molar-refractivity contribution in [2.45, 2.75) is 6.42 Å². The van der Waals surface area contributed by atoms with Gasteiger partial charge in [0.1, 0.15) is 0 Å². The van der Waals surface area contributed by atoms with Gasteiger partial charge in [0.15, 0.2) is 0 Å². The monoisotopic (exact) mass is 214 g/mol. The summed E-state index contributed by atoms with van der Waals surface area (Å²) >= 11 is 5.20. The summed E-state index contributed by atoms with van der Waals surface area (Å²) in [6, 6.07) is 0. The van der Waals surface area contributed by atoms with E-state index < -0.39 is 10.4 Å². The molecule has 0 aliphatic heterocycles. The molecule has 0 fully saturated rings. The van der Waals surface area contributed by atoms with Gasteiger partial charge in [0.05, 0.1) is 6.61 Å². The molecule has 1 N–H and O–H groups in total. The van der Waals surface area contributed by atoms with Crippen LogP contribution in [-0.2, 0) is 18.9 Å². The van der Waals surface area contributed by atoms with Gasteiger partial charge in [-0.3, -0.25) is 0 Å². The molecule has 0 unspecified atom stereocenters. The molecule has 5 nitrogen and oxygen atoms in total. The molecule has 0 saturated carbocycles. The Bertz CT molecular complexity index is 174. The van der Waals surface area contributed by atoms with Crippen molar-refractivity contribution in [3.05, 3.63) is 0 Å². The second-order valence-electron chi connectivity index (χ2n) is 1.35. The van der Waals surface area contributed by atoms with E-state index in [4.69, 9.17) is 16.9 Å². The second kappa shape index (κ2) is 7.75. The van der Waals surface area contributed by atoms with Crippen LogP contribution in [0, 0.1) is 0 Å². The van der Waals surface area contributed by atoms with Crippen molar-refractivity contribution in [3.8, 4) is 0 Å². The fourth-order valence-corrected chi connectivity index (χ4v) is 0.711. The molecule has 0 bridgehead atoms. The third-order valence-electron chi connectivity index (χ3n) is 0.597. The Balaban J connectivity index is -0.000000405. The average Bonchev–Trinajstić information content (AvgIpc) is 1.89. The minimum Gasteiger partial charge on any atom is -1.00 e. The van der Waals surface area contributed by atoms with E-state index in [1.165, 1.54) is 0 Å². The molecule has 0 aliphatic carbocycles. The first kappa shape index (κ1) is 14.6. The summed E-state index contributed by atoms with van der Waals surface area (Å²) < 4.78 is 27.3. The summed E-state index contributed by atoms with van der Waals surface area (Å²) in [5.41, 5.74) is 0. The summed E-state index contributed by atoms with van der Waals surface area (Å²) in [4.78, 5) is 0. The fraction of sp³-hybridized carbons (Fsp3) is 1.00. The topological polar surface area (TPSA) is 72.8 Å². The normalized spacial score (nSPS) is 10.7. The van der Waals surface area contributed by atoms with Crippen molar-refractivity contribution in [2.75, 3.05) is 12.5 Å². The number of hydrogen-bond donors (Lipinski definition) is 1. The third kappa shape index (κ3) is 9.03. The van der Waals surface area contributed by atoms with E-state index in [1.807, 2.05) is 0 Å². The van der Waals surface area contributed by atoms with Crippen LogP contribution in [0.5, 0.6) is 0 Å². The van der Waals surface area contributed by atoms with Gasteiger partial charge in [-0.25, -0.2) is 9.44 Å². The molecule has 0 atom stereocenters. The molecule has 0 rings (SSSR count). The van der Waals surface area contributed by atoms with Gasteiger partial charge in [-0.05, 0) is 6.42 Å². The summed E-state index contributed by atoms with van der Waals surface area (Å²) in [7, 11) is -4.19. The van der Waals surface area contributed by atoms with Gasteiger partial charge in [0.25, 0.3) is 0 Å². The molecule has 0 aliphatic rings. The molecule has 0 amide bonds. The van der Waals surface area contributed by atoms with E-state index in [1.54, 1.807) is 0 Å². The zero-order valence-corrected chi connectivity index (χ0v) is 9.56. The van der Waals surface area contributed by atoms with Crippen LogP contribution in [0.25, 0.3) is 0 Å². The standard InChI is InChI=1S/C3H7ClO5S.Na.H/c4-2-1-3-8-10(6,7)9-5;;/h5H,1-3H2;;/q;+1;-1. The van der Waals surface area contributed by atoms with E-state index in [-0.39, 0.29) is 37.6 Å². The van der Waals surface area contributed by atoms with E-state index in [2.05, 4.69) is 8.52 Å². The summed E-state index contributed by atoms with van der Waals surface area (Å²) in [6.45, 7) is -0.0909. The van der Waals surface area contributed by atoms with Crippen molar-refractivity contribution in [1.82, 2.24) is 0 Å². The summed E-state index contributed by atoms with van der Waals surface area (Å²) in [6.07, 6.45) is 0.379. The smallest absolute Gasteiger partial charge is 1.00 e. The number of alkyl halides is 1. The largest absolute Gasteiger partial charge is 1.00 e. The van der Waals surface area contributed by atoms with Crippen molar-refractivity contribution < 1.29 is 53.2 Å². The maximum atomic E-state index is 10.1. The Kier molecular flexibility index (Phi) is 10.3. The molecule has 0 saturated heterocycles. The molecule has 0 aromatic carbocycles. The van der Waals surface area contributed by atoms with Crippen LogP contribution in [-0.4, -0.2) is 26.2 Å². The third-order valence-corrected chi connectivity index (χ3v) is 1.50. The molecular formula is C3H8ClNaO5S. The zero-order chi connectivity index (χ0) is 8.04. The minimum atomic E-state index is -4.19. The molecule has 11 heavy (non-hydrogen) atoms.